The molecule has 0 spiro atoms. The van der Waals surface area contributed by atoms with Crippen LogP contribution in [0.3, 0.4) is 0 Å². The first kappa shape index (κ1) is 21.9. The molecule has 0 radical (unpaired) electrons. The van der Waals surface area contributed by atoms with Crippen LogP contribution in [0, 0.1) is 0 Å². The second-order valence-corrected chi connectivity index (χ2v) is 10.1. The van der Waals surface area contributed by atoms with Gasteiger partial charge in [0.05, 0.1) is 0 Å². The zero-order valence-electron chi connectivity index (χ0n) is 21.3. The molecule has 0 fully saturated rings. The third-order valence-electron chi connectivity index (χ3n) is 7.88. The molecule has 0 aliphatic rings. The van der Waals surface area contributed by atoms with Gasteiger partial charge >= 0.3 is 0 Å². The number of furan rings is 1. The maximum Gasteiger partial charge on any atom is 0.135 e. The van der Waals surface area contributed by atoms with Gasteiger partial charge in [-0.2, -0.15) is 0 Å². The van der Waals surface area contributed by atoms with Gasteiger partial charge in [-0.25, -0.2) is 0 Å². The van der Waals surface area contributed by atoms with Crippen LogP contribution in [0.25, 0.3) is 76.9 Å². The Morgan fingerprint density at radius 1 is 0.282 bits per heavy atom. The standard InChI is InChI=1S/C38H24O/c1-2-10-25(11-3-1)26-18-20-27(21-19-26)37-30-13-4-6-15-32(30)38(33-16-7-5-14-31(33)37)28-22-23-36-34(24-28)29-12-8-9-17-35(29)39-36/h1-24H. The Balaban J connectivity index is 1.40. The minimum absolute atomic E-state index is 0.920. The van der Waals surface area contributed by atoms with Gasteiger partial charge in [0, 0.05) is 10.8 Å². The van der Waals surface area contributed by atoms with Crippen LogP contribution in [0.15, 0.2) is 150 Å². The first-order chi connectivity index (χ1) is 19.3. The SMILES string of the molecule is c1ccc(-c2ccc(-c3c4ccccc4c(-c4ccc5oc6ccccc6c5c4)c4ccccc34)cc2)cc1. The third-order valence-corrected chi connectivity index (χ3v) is 7.88. The molecule has 0 aliphatic carbocycles. The molecule has 7 aromatic carbocycles. The summed E-state index contributed by atoms with van der Waals surface area (Å²) in [6.07, 6.45) is 0. The van der Waals surface area contributed by atoms with Gasteiger partial charge in [0.1, 0.15) is 11.2 Å². The zero-order valence-corrected chi connectivity index (χ0v) is 21.3. The van der Waals surface area contributed by atoms with E-state index in [0.717, 1.165) is 21.9 Å². The van der Waals surface area contributed by atoms with Crippen molar-refractivity contribution in [2.24, 2.45) is 0 Å². The molecule has 1 aromatic heterocycles. The highest BCUT2D eigenvalue weighted by atomic mass is 16.3. The molecule has 1 heterocycles. The normalized spacial score (nSPS) is 11.6. The van der Waals surface area contributed by atoms with Gasteiger partial charge < -0.3 is 4.42 Å². The molecule has 0 saturated heterocycles. The summed E-state index contributed by atoms with van der Waals surface area (Å²) in [5.74, 6) is 0. The van der Waals surface area contributed by atoms with Crippen molar-refractivity contribution in [1.29, 1.82) is 0 Å². The Hall–Kier alpha value is -5.14. The lowest BCUT2D eigenvalue weighted by molar-refractivity contribution is 0.669. The molecule has 0 unspecified atom stereocenters. The van der Waals surface area contributed by atoms with E-state index in [0.29, 0.717) is 0 Å². The number of hydrogen-bond acceptors (Lipinski definition) is 1. The van der Waals surface area contributed by atoms with Crippen molar-refractivity contribution >= 4 is 43.5 Å². The van der Waals surface area contributed by atoms with Crippen LogP contribution in [0.2, 0.25) is 0 Å². The monoisotopic (exact) mass is 496 g/mol. The molecule has 0 saturated carbocycles. The predicted octanol–water partition coefficient (Wildman–Crippen LogP) is 10.9. The van der Waals surface area contributed by atoms with Crippen LogP contribution in [-0.2, 0) is 0 Å². The van der Waals surface area contributed by atoms with E-state index in [4.69, 9.17) is 4.42 Å². The smallest absolute Gasteiger partial charge is 0.135 e. The minimum atomic E-state index is 0.920. The largest absolute Gasteiger partial charge is 0.456 e. The van der Waals surface area contributed by atoms with Crippen LogP contribution >= 0.6 is 0 Å². The van der Waals surface area contributed by atoms with Crippen LogP contribution in [0.5, 0.6) is 0 Å². The topological polar surface area (TPSA) is 13.1 Å². The van der Waals surface area contributed by atoms with Crippen molar-refractivity contribution in [3.63, 3.8) is 0 Å². The summed E-state index contributed by atoms with van der Waals surface area (Å²) in [4.78, 5) is 0. The summed E-state index contributed by atoms with van der Waals surface area (Å²) in [6, 6.07) is 52.1. The second-order valence-electron chi connectivity index (χ2n) is 10.1. The van der Waals surface area contributed by atoms with Crippen LogP contribution < -0.4 is 0 Å². The van der Waals surface area contributed by atoms with E-state index in [-0.39, 0.29) is 0 Å². The minimum Gasteiger partial charge on any atom is -0.456 e. The summed E-state index contributed by atoms with van der Waals surface area (Å²) in [7, 11) is 0. The number of para-hydroxylation sites is 1. The zero-order chi connectivity index (χ0) is 25.8. The summed E-state index contributed by atoms with van der Waals surface area (Å²) in [5.41, 5.74) is 9.27. The Bertz CT molecular complexity index is 2090. The molecule has 8 aromatic rings. The Morgan fingerprint density at radius 3 is 1.36 bits per heavy atom. The van der Waals surface area contributed by atoms with E-state index in [1.165, 1.54) is 54.9 Å². The molecule has 1 nitrogen and oxygen atoms in total. The van der Waals surface area contributed by atoms with Gasteiger partial charge in [0.2, 0.25) is 0 Å². The van der Waals surface area contributed by atoms with Gasteiger partial charge in [-0.15, -0.1) is 0 Å². The highest BCUT2D eigenvalue weighted by Gasteiger charge is 2.17. The molecule has 0 N–H and O–H groups in total. The Labute approximate surface area is 226 Å². The van der Waals surface area contributed by atoms with Crippen molar-refractivity contribution in [2.75, 3.05) is 0 Å². The summed E-state index contributed by atoms with van der Waals surface area (Å²) in [5, 5.41) is 7.33. The van der Waals surface area contributed by atoms with Crippen LogP contribution in [-0.4, -0.2) is 0 Å². The van der Waals surface area contributed by atoms with Gasteiger partial charge in [-0.1, -0.05) is 127 Å². The molecule has 39 heavy (non-hydrogen) atoms. The highest BCUT2D eigenvalue weighted by Crippen LogP contribution is 2.44. The first-order valence-corrected chi connectivity index (χ1v) is 13.4. The maximum absolute atomic E-state index is 6.14. The molecule has 8 rings (SSSR count). The fourth-order valence-corrected chi connectivity index (χ4v) is 6.09. The van der Waals surface area contributed by atoms with Gasteiger partial charge in [0.15, 0.2) is 0 Å². The van der Waals surface area contributed by atoms with Crippen molar-refractivity contribution in [3.8, 4) is 33.4 Å². The Kier molecular flexibility index (Phi) is 4.89. The number of benzene rings is 7. The lowest BCUT2D eigenvalue weighted by Gasteiger charge is -2.18. The number of rotatable bonds is 3. The average Bonchev–Trinajstić information content (AvgIpc) is 3.38. The maximum atomic E-state index is 6.14. The van der Waals surface area contributed by atoms with E-state index in [9.17, 15) is 0 Å². The van der Waals surface area contributed by atoms with Gasteiger partial charge in [-0.05, 0) is 73.1 Å². The lowest BCUT2D eigenvalue weighted by atomic mass is 9.85. The fourth-order valence-electron chi connectivity index (χ4n) is 6.09. The summed E-state index contributed by atoms with van der Waals surface area (Å²) >= 11 is 0. The van der Waals surface area contributed by atoms with Crippen LogP contribution in [0.4, 0.5) is 0 Å². The summed E-state index contributed by atoms with van der Waals surface area (Å²) < 4.78 is 6.14. The number of hydrogen-bond donors (Lipinski definition) is 0. The molecule has 182 valence electrons. The molecular weight excluding hydrogens is 472 g/mol. The molecular formula is C38H24O. The molecule has 0 aliphatic heterocycles. The van der Waals surface area contributed by atoms with E-state index in [1.54, 1.807) is 0 Å². The highest BCUT2D eigenvalue weighted by molar-refractivity contribution is 6.22. The van der Waals surface area contributed by atoms with Crippen molar-refractivity contribution in [2.45, 2.75) is 0 Å². The number of fused-ring (bicyclic) bond motifs is 5. The molecule has 0 atom stereocenters. The summed E-state index contributed by atoms with van der Waals surface area (Å²) in [6.45, 7) is 0. The van der Waals surface area contributed by atoms with E-state index in [1.807, 2.05) is 12.1 Å². The Morgan fingerprint density at radius 2 is 0.718 bits per heavy atom. The second kappa shape index (κ2) is 8.72. The van der Waals surface area contributed by atoms with E-state index in [2.05, 4.69) is 133 Å². The van der Waals surface area contributed by atoms with Gasteiger partial charge in [-0.3, -0.25) is 0 Å². The average molecular weight is 497 g/mol. The van der Waals surface area contributed by atoms with E-state index < -0.39 is 0 Å². The predicted molar refractivity (Wildman–Crippen MR) is 165 cm³/mol. The third kappa shape index (κ3) is 3.48. The van der Waals surface area contributed by atoms with Crippen molar-refractivity contribution < 1.29 is 4.42 Å². The van der Waals surface area contributed by atoms with Gasteiger partial charge in [0.25, 0.3) is 0 Å². The van der Waals surface area contributed by atoms with Crippen molar-refractivity contribution in [1.82, 2.24) is 0 Å². The molecule has 1 heteroatoms. The lowest BCUT2D eigenvalue weighted by Crippen LogP contribution is -1.91. The first-order valence-electron chi connectivity index (χ1n) is 13.4. The van der Waals surface area contributed by atoms with E-state index >= 15 is 0 Å². The fraction of sp³-hybridized carbons (Fsp3) is 0. The molecule has 0 amide bonds. The van der Waals surface area contributed by atoms with Crippen molar-refractivity contribution in [3.05, 3.63) is 146 Å². The molecule has 0 bridgehead atoms. The van der Waals surface area contributed by atoms with Crippen LogP contribution in [0.1, 0.15) is 0 Å². The quantitative estimate of drug-likeness (QED) is 0.222.